The van der Waals surface area contributed by atoms with E-state index < -0.39 is 6.04 Å². The normalized spacial score (nSPS) is 16.1. The Kier molecular flexibility index (Phi) is 6.44. The van der Waals surface area contributed by atoms with Gasteiger partial charge in [-0.1, -0.05) is 17.7 Å². The van der Waals surface area contributed by atoms with Gasteiger partial charge in [-0.15, -0.1) is 0 Å². The zero-order valence-electron chi connectivity index (χ0n) is 14.4. The van der Waals surface area contributed by atoms with Gasteiger partial charge in [0.05, 0.1) is 11.1 Å². The zero-order chi connectivity index (χ0) is 18.4. The Morgan fingerprint density at radius 2 is 2.19 bits per heavy atom. The maximum Gasteiger partial charge on any atom is 0.241 e. The second-order valence-electron chi connectivity index (χ2n) is 6.26. The fraction of sp³-hybridized carbons (Fsp3) is 0.368. The lowest BCUT2D eigenvalue weighted by molar-refractivity contribution is -0.119. The highest BCUT2D eigenvalue weighted by Gasteiger charge is 2.26. The number of nitrogens with two attached hydrogens (primary N) is 1. The van der Waals surface area contributed by atoms with E-state index in [9.17, 15) is 4.79 Å². The number of nitrogens with one attached hydrogen (secondary N) is 1. The number of aromatic nitrogens is 1. The van der Waals surface area contributed by atoms with Crippen LogP contribution in [0, 0.1) is 5.92 Å². The highest BCUT2D eigenvalue weighted by molar-refractivity contribution is 6.32. The van der Waals surface area contributed by atoms with Gasteiger partial charge < -0.3 is 20.5 Å². The summed E-state index contributed by atoms with van der Waals surface area (Å²) in [6, 6.07) is 8.36. The summed E-state index contributed by atoms with van der Waals surface area (Å²) in [6.07, 6.45) is 5.05. The van der Waals surface area contributed by atoms with E-state index in [-0.39, 0.29) is 11.8 Å². The monoisotopic (exact) mass is 375 g/mol. The molecule has 1 atom stereocenters. The lowest BCUT2D eigenvalue weighted by Gasteiger charge is -2.26. The van der Waals surface area contributed by atoms with Gasteiger partial charge in [0.1, 0.15) is 12.4 Å². The van der Waals surface area contributed by atoms with E-state index in [0.717, 1.165) is 18.4 Å². The summed E-state index contributed by atoms with van der Waals surface area (Å²) < 4.78 is 11.0. The number of amides is 1. The summed E-state index contributed by atoms with van der Waals surface area (Å²) >= 11 is 6.27. The van der Waals surface area contributed by atoms with Crippen molar-refractivity contribution in [2.75, 3.05) is 18.5 Å². The second kappa shape index (κ2) is 8.98. The molecule has 0 radical (unpaired) electrons. The number of ether oxygens (including phenoxy) is 2. The van der Waals surface area contributed by atoms with Crippen LogP contribution in [-0.4, -0.2) is 30.1 Å². The molecule has 1 saturated heterocycles. The molecule has 26 heavy (non-hydrogen) atoms. The van der Waals surface area contributed by atoms with Crippen LogP contribution < -0.4 is 15.8 Å². The first-order valence-corrected chi connectivity index (χ1v) is 8.97. The summed E-state index contributed by atoms with van der Waals surface area (Å²) in [5.41, 5.74) is 7.63. The van der Waals surface area contributed by atoms with Crippen LogP contribution in [0.5, 0.6) is 5.75 Å². The van der Waals surface area contributed by atoms with Gasteiger partial charge in [0.25, 0.3) is 0 Å². The molecule has 7 heteroatoms. The Morgan fingerprint density at radius 3 is 2.88 bits per heavy atom. The van der Waals surface area contributed by atoms with Crippen molar-refractivity contribution in [2.24, 2.45) is 11.7 Å². The van der Waals surface area contributed by atoms with Crippen molar-refractivity contribution >= 4 is 23.2 Å². The third-order valence-corrected chi connectivity index (χ3v) is 4.69. The van der Waals surface area contributed by atoms with Gasteiger partial charge in [-0.3, -0.25) is 9.78 Å². The van der Waals surface area contributed by atoms with Crippen LogP contribution in [0.4, 0.5) is 5.69 Å². The molecule has 3 N–H and O–H groups in total. The molecule has 1 unspecified atom stereocenters. The molecular weight excluding hydrogens is 354 g/mol. The minimum atomic E-state index is -0.556. The van der Waals surface area contributed by atoms with Gasteiger partial charge in [-0.2, -0.15) is 0 Å². The van der Waals surface area contributed by atoms with Crippen molar-refractivity contribution in [1.29, 1.82) is 0 Å². The van der Waals surface area contributed by atoms with E-state index in [4.69, 9.17) is 26.8 Å². The Bertz CT molecular complexity index is 736. The summed E-state index contributed by atoms with van der Waals surface area (Å²) in [4.78, 5) is 16.4. The molecule has 1 aromatic carbocycles. The Labute approximate surface area is 157 Å². The number of hydrogen-bond acceptors (Lipinski definition) is 5. The van der Waals surface area contributed by atoms with Crippen molar-refractivity contribution in [2.45, 2.75) is 25.5 Å². The molecule has 138 valence electrons. The van der Waals surface area contributed by atoms with Crippen LogP contribution in [0.3, 0.4) is 0 Å². The zero-order valence-corrected chi connectivity index (χ0v) is 15.1. The molecule has 0 spiro atoms. The van der Waals surface area contributed by atoms with Crippen molar-refractivity contribution < 1.29 is 14.3 Å². The first-order chi connectivity index (χ1) is 12.6. The van der Waals surface area contributed by atoms with Crippen molar-refractivity contribution in [3.63, 3.8) is 0 Å². The topological polar surface area (TPSA) is 86.5 Å². The van der Waals surface area contributed by atoms with E-state index in [1.165, 1.54) is 0 Å². The number of anilines is 1. The van der Waals surface area contributed by atoms with Gasteiger partial charge in [0, 0.05) is 36.9 Å². The van der Waals surface area contributed by atoms with Gasteiger partial charge in [-0.25, -0.2) is 0 Å². The number of hydrogen-bond donors (Lipinski definition) is 2. The smallest absolute Gasteiger partial charge is 0.241 e. The Morgan fingerprint density at radius 1 is 1.38 bits per heavy atom. The predicted molar refractivity (Wildman–Crippen MR) is 100 cm³/mol. The molecule has 1 fully saturated rings. The van der Waals surface area contributed by atoms with E-state index in [1.54, 1.807) is 30.6 Å². The standard InChI is InChI=1S/C19H22ClN3O3/c20-16-10-15(23-19(24)18(21)14-5-8-25-9-6-14)3-4-17(16)26-12-13-2-1-7-22-11-13/h1-4,7,10-11,14,18H,5-6,8-9,12,21H2,(H,23,24). The lowest BCUT2D eigenvalue weighted by Crippen LogP contribution is -2.44. The van der Waals surface area contributed by atoms with Crippen LogP contribution in [0.2, 0.25) is 5.02 Å². The third-order valence-electron chi connectivity index (χ3n) is 4.39. The maximum absolute atomic E-state index is 12.4. The van der Waals surface area contributed by atoms with Crippen molar-refractivity contribution in [3.8, 4) is 5.75 Å². The van der Waals surface area contributed by atoms with Gasteiger partial charge in [0.15, 0.2) is 0 Å². The summed E-state index contributed by atoms with van der Waals surface area (Å²) in [5.74, 6) is 0.473. The van der Waals surface area contributed by atoms with E-state index >= 15 is 0 Å². The summed E-state index contributed by atoms with van der Waals surface area (Å²) in [7, 11) is 0. The number of carbonyl (C=O) groups excluding carboxylic acids is 1. The quantitative estimate of drug-likeness (QED) is 0.810. The predicted octanol–water partition coefficient (Wildman–Crippen LogP) is 3.01. The molecule has 1 aromatic heterocycles. The largest absolute Gasteiger partial charge is 0.487 e. The molecule has 0 saturated carbocycles. The van der Waals surface area contributed by atoms with Crippen LogP contribution in [0.1, 0.15) is 18.4 Å². The van der Waals surface area contributed by atoms with Crippen LogP contribution in [0.25, 0.3) is 0 Å². The maximum atomic E-state index is 12.4. The Balaban J connectivity index is 1.57. The van der Waals surface area contributed by atoms with Crippen LogP contribution >= 0.6 is 11.6 Å². The Hall–Kier alpha value is -2.15. The molecule has 1 amide bonds. The first kappa shape index (κ1) is 18.6. The number of pyridine rings is 1. The highest BCUT2D eigenvalue weighted by Crippen LogP contribution is 2.29. The summed E-state index contributed by atoms with van der Waals surface area (Å²) in [5, 5.41) is 3.25. The van der Waals surface area contributed by atoms with Gasteiger partial charge in [0.2, 0.25) is 5.91 Å². The minimum Gasteiger partial charge on any atom is -0.487 e. The molecule has 6 nitrogen and oxygen atoms in total. The molecule has 1 aliphatic rings. The molecule has 1 aliphatic heterocycles. The van der Waals surface area contributed by atoms with Crippen molar-refractivity contribution in [3.05, 3.63) is 53.3 Å². The van der Waals surface area contributed by atoms with Crippen LogP contribution in [0.15, 0.2) is 42.7 Å². The first-order valence-electron chi connectivity index (χ1n) is 8.59. The SMILES string of the molecule is NC(C(=O)Nc1ccc(OCc2cccnc2)c(Cl)c1)C1CCOCC1. The van der Waals surface area contributed by atoms with Gasteiger partial charge >= 0.3 is 0 Å². The molecule has 3 rings (SSSR count). The minimum absolute atomic E-state index is 0.140. The van der Waals surface area contributed by atoms with E-state index in [0.29, 0.717) is 36.3 Å². The average Bonchev–Trinajstić information content (AvgIpc) is 2.68. The number of rotatable bonds is 6. The highest BCUT2D eigenvalue weighted by atomic mass is 35.5. The molecule has 2 aromatic rings. The van der Waals surface area contributed by atoms with E-state index in [2.05, 4.69) is 10.3 Å². The number of benzene rings is 1. The average molecular weight is 376 g/mol. The fourth-order valence-corrected chi connectivity index (χ4v) is 3.09. The van der Waals surface area contributed by atoms with Gasteiger partial charge in [-0.05, 0) is 43.0 Å². The van der Waals surface area contributed by atoms with Crippen molar-refractivity contribution in [1.82, 2.24) is 4.98 Å². The third kappa shape index (κ3) is 4.94. The lowest BCUT2D eigenvalue weighted by atomic mass is 9.92. The molecule has 0 aliphatic carbocycles. The summed E-state index contributed by atoms with van der Waals surface area (Å²) in [6.45, 7) is 1.68. The fourth-order valence-electron chi connectivity index (χ4n) is 2.85. The number of halogens is 1. The van der Waals surface area contributed by atoms with Crippen LogP contribution in [-0.2, 0) is 16.1 Å². The number of nitrogens with zero attached hydrogens (tertiary/aromatic N) is 1. The second-order valence-corrected chi connectivity index (χ2v) is 6.67. The molecule has 2 heterocycles. The molecular formula is C19H22ClN3O3. The number of carbonyl (C=O) groups is 1. The van der Waals surface area contributed by atoms with E-state index in [1.807, 2.05) is 12.1 Å². The molecule has 0 bridgehead atoms.